The Hall–Kier alpha value is -0.800. The molecule has 2 N–H and O–H groups in total. The maximum atomic E-state index is 12.0. The van der Waals surface area contributed by atoms with Gasteiger partial charge < -0.3 is 5.11 Å². The molecule has 0 aromatic carbocycles. The van der Waals surface area contributed by atoms with E-state index in [1.54, 1.807) is 5.38 Å². The molecule has 5 nitrogen and oxygen atoms in total. The molecule has 0 bridgehead atoms. The molecular weight excluding hydrogens is 304 g/mol. The highest BCUT2D eigenvalue weighted by atomic mass is 32.2. The second kappa shape index (κ2) is 6.10. The van der Waals surface area contributed by atoms with E-state index in [1.165, 1.54) is 17.4 Å². The van der Waals surface area contributed by atoms with Gasteiger partial charge in [0.1, 0.15) is 4.21 Å². The van der Waals surface area contributed by atoms with Crippen LogP contribution in [-0.4, -0.2) is 25.1 Å². The van der Waals surface area contributed by atoms with E-state index in [2.05, 4.69) is 9.71 Å². The molecule has 0 spiro atoms. The lowest BCUT2D eigenvalue weighted by molar-refractivity contribution is 0.282. The van der Waals surface area contributed by atoms with Crippen LogP contribution < -0.4 is 4.72 Å². The lowest BCUT2D eigenvalue weighted by Crippen LogP contribution is -2.25. The van der Waals surface area contributed by atoms with Gasteiger partial charge in [-0.2, -0.15) is 0 Å². The van der Waals surface area contributed by atoms with Crippen molar-refractivity contribution >= 4 is 32.7 Å². The molecule has 2 aromatic heterocycles. The van der Waals surface area contributed by atoms with Gasteiger partial charge in [-0.1, -0.05) is 0 Å². The fourth-order valence-electron chi connectivity index (χ4n) is 1.46. The fourth-order valence-corrected chi connectivity index (χ4v) is 4.51. The third-order valence-electron chi connectivity index (χ3n) is 2.37. The zero-order valence-corrected chi connectivity index (χ0v) is 12.7. The number of sulfonamides is 1. The van der Waals surface area contributed by atoms with Crippen molar-refractivity contribution in [2.75, 3.05) is 6.54 Å². The SMILES string of the molecule is Cc1csc(CCNS(=O)(=O)c2cc(CO)cs2)n1. The molecule has 0 amide bonds. The third kappa shape index (κ3) is 3.83. The number of thiophene rings is 1. The minimum absolute atomic E-state index is 0.148. The highest BCUT2D eigenvalue weighted by Crippen LogP contribution is 2.20. The van der Waals surface area contributed by atoms with Crippen molar-refractivity contribution in [3.05, 3.63) is 33.1 Å². The van der Waals surface area contributed by atoms with Gasteiger partial charge in [-0.3, -0.25) is 0 Å². The largest absolute Gasteiger partial charge is 0.392 e. The molecule has 104 valence electrons. The van der Waals surface area contributed by atoms with Gasteiger partial charge in [-0.25, -0.2) is 18.1 Å². The van der Waals surface area contributed by atoms with Crippen LogP contribution in [0.2, 0.25) is 0 Å². The van der Waals surface area contributed by atoms with E-state index >= 15 is 0 Å². The summed E-state index contributed by atoms with van der Waals surface area (Å²) in [6.45, 7) is 2.08. The number of thiazole rings is 1. The summed E-state index contributed by atoms with van der Waals surface area (Å²) < 4.78 is 26.7. The summed E-state index contributed by atoms with van der Waals surface area (Å²) >= 11 is 2.64. The third-order valence-corrected chi connectivity index (χ3v) is 6.35. The van der Waals surface area contributed by atoms with Crippen LogP contribution in [0.5, 0.6) is 0 Å². The van der Waals surface area contributed by atoms with Crippen LogP contribution >= 0.6 is 22.7 Å². The molecule has 0 saturated heterocycles. The average Bonchev–Trinajstić information content (AvgIpc) is 2.98. The van der Waals surface area contributed by atoms with Crippen LogP contribution in [0.15, 0.2) is 21.0 Å². The molecule has 0 atom stereocenters. The second-order valence-electron chi connectivity index (χ2n) is 3.96. The minimum Gasteiger partial charge on any atom is -0.392 e. The van der Waals surface area contributed by atoms with Gasteiger partial charge in [0.25, 0.3) is 0 Å². The minimum atomic E-state index is -3.48. The van der Waals surface area contributed by atoms with Crippen LogP contribution in [0, 0.1) is 6.92 Å². The Balaban J connectivity index is 1.94. The van der Waals surface area contributed by atoms with Crippen molar-refractivity contribution in [3.63, 3.8) is 0 Å². The van der Waals surface area contributed by atoms with Gasteiger partial charge in [0.2, 0.25) is 10.0 Å². The van der Waals surface area contributed by atoms with Crippen molar-refractivity contribution in [1.82, 2.24) is 9.71 Å². The smallest absolute Gasteiger partial charge is 0.250 e. The number of hydrogen-bond acceptors (Lipinski definition) is 6. The van der Waals surface area contributed by atoms with E-state index in [0.29, 0.717) is 18.5 Å². The maximum Gasteiger partial charge on any atom is 0.250 e. The Labute approximate surface area is 120 Å². The number of rotatable bonds is 6. The average molecular weight is 318 g/mol. The van der Waals surface area contributed by atoms with E-state index in [0.717, 1.165) is 22.0 Å². The van der Waals surface area contributed by atoms with Crippen LogP contribution in [0.1, 0.15) is 16.3 Å². The maximum absolute atomic E-state index is 12.0. The van der Waals surface area contributed by atoms with Gasteiger partial charge in [0.15, 0.2) is 0 Å². The summed E-state index contributed by atoms with van der Waals surface area (Å²) in [6, 6.07) is 1.49. The first-order chi connectivity index (χ1) is 9.01. The number of aromatic nitrogens is 1. The Kier molecular flexibility index (Phi) is 4.69. The second-order valence-corrected chi connectivity index (χ2v) is 7.81. The standard InChI is InChI=1S/C11H14N2O3S3/c1-8-6-17-10(13-8)2-3-12-19(15,16)11-4-9(5-14)7-18-11/h4,6-7,12,14H,2-3,5H2,1H3. The first-order valence-corrected chi connectivity index (χ1v) is 8.84. The normalized spacial score (nSPS) is 11.9. The highest BCUT2D eigenvalue weighted by Gasteiger charge is 2.16. The van der Waals surface area contributed by atoms with Crippen LogP contribution in [-0.2, 0) is 23.1 Å². The molecule has 0 aliphatic heterocycles. The van der Waals surface area contributed by atoms with Gasteiger partial charge in [0, 0.05) is 24.0 Å². The van der Waals surface area contributed by atoms with Gasteiger partial charge in [-0.05, 0) is 23.9 Å². The first kappa shape index (κ1) is 14.6. The molecule has 0 saturated carbocycles. The topological polar surface area (TPSA) is 79.3 Å². The predicted octanol–water partition coefficient (Wildman–Crippen LogP) is 1.53. The fraction of sp³-hybridized carbons (Fsp3) is 0.364. The summed E-state index contributed by atoms with van der Waals surface area (Å²) in [6.07, 6.45) is 0.579. The van der Waals surface area contributed by atoms with Crippen molar-refractivity contribution in [2.45, 2.75) is 24.2 Å². The van der Waals surface area contributed by atoms with Crippen LogP contribution in [0.4, 0.5) is 0 Å². The molecule has 19 heavy (non-hydrogen) atoms. The van der Waals surface area contributed by atoms with Crippen molar-refractivity contribution in [3.8, 4) is 0 Å². The number of aryl methyl sites for hydroxylation is 1. The van der Waals surface area contributed by atoms with Gasteiger partial charge in [0.05, 0.1) is 11.6 Å². The summed E-state index contributed by atoms with van der Waals surface area (Å²) in [4.78, 5) is 4.27. The number of hydrogen-bond donors (Lipinski definition) is 2. The molecule has 0 aliphatic carbocycles. The molecule has 0 unspecified atom stereocenters. The number of nitrogens with one attached hydrogen (secondary N) is 1. The van der Waals surface area contributed by atoms with E-state index in [1.807, 2.05) is 12.3 Å². The Morgan fingerprint density at radius 3 is 2.74 bits per heavy atom. The van der Waals surface area contributed by atoms with E-state index < -0.39 is 10.0 Å². The Morgan fingerprint density at radius 2 is 2.16 bits per heavy atom. The van der Waals surface area contributed by atoms with E-state index in [-0.39, 0.29) is 10.8 Å². The van der Waals surface area contributed by atoms with Crippen molar-refractivity contribution in [2.24, 2.45) is 0 Å². The number of nitrogens with zero attached hydrogens (tertiary/aromatic N) is 1. The van der Waals surface area contributed by atoms with E-state index in [4.69, 9.17) is 5.11 Å². The molecule has 0 fully saturated rings. The zero-order chi connectivity index (χ0) is 13.9. The summed E-state index contributed by atoms with van der Waals surface area (Å²) in [5.41, 5.74) is 1.56. The van der Waals surface area contributed by atoms with Crippen LogP contribution in [0.3, 0.4) is 0 Å². The number of aliphatic hydroxyl groups is 1. The summed E-state index contributed by atoms with van der Waals surface area (Å²) in [5.74, 6) is 0. The molecule has 0 radical (unpaired) electrons. The molecule has 2 heterocycles. The lowest BCUT2D eigenvalue weighted by atomic mass is 10.4. The van der Waals surface area contributed by atoms with Crippen LogP contribution in [0.25, 0.3) is 0 Å². The van der Waals surface area contributed by atoms with Crippen molar-refractivity contribution in [1.29, 1.82) is 0 Å². The monoisotopic (exact) mass is 318 g/mol. The summed E-state index contributed by atoms with van der Waals surface area (Å²) in [5, 5.41) is 13.4. The quantitative estimate of drug-likeness (QED) is 0.846. The van der Waals surface area contributed by atoms with Gasteiger partial charge >= 0.3 is 0 Å². The predicted molar refractivity (Wildman–Crippen MR) is 76.0 cm³/mol. The molecule has 8 heteroatoms. The van der Waals surface area contributed by atoms with Gasteiger partial charge in [-0.15, -0.1) is 22.7 Å². The molecular formula is C11H14N2O3S3. The number of aliphatic hydroxyl groups excluding tert-OH is 1. The summed E-state index contributed by atoms with van der Waals surface area (Å²) in [7, 11) is -3.48. The Bertz CT molecular complexity index is 646. The molecule has 2 aromatic rings. The van der Waals surface area contributed by atoms with E-state index in [9.17, 15) is 8.42 Å². The molecule has 0 aliphatic rings. The van der Waals surface area contributed by atoms with Crippen molar-refractivity contribution < 1.29 is 13.5 Å². The lowest BCUT2D eigenvalue weighted by Gasteiger charge is -2.02. The highest BCUT2D eigenvalue weighted by molar-refractivity contribution is 7.91. The molecule has 2 rings (SSSR count). The first-order valence-electron chi connectivity index (χ1n) is 5.60. The Morgan fingerprint density at radius 1 is 1.37 bits per heavy atom. The zero-order valence-electron chi connectivity index (χ0n) is 10.3.